The van der Waals surface area contributed by atoms with Crippen molar-refractivity contribution in [2.24, 2.45) is 4.99 Å². The Morgan fingerprint density at radius 2 is 1.83 bits per heavy atom. The summed E-state index contributed by atoms with van der Waals surface area (Å²) < 4.78 is 19.0. The molecule has 0 spiro atoms. The first kappa shape index (κ1) is 28.4. The van der Waals surface area contributed by atoms with E-state index < -0.39 is 12.0 Å². The van der Waals surface area contributed by atoms with Gasteiger partial charge in [-0.1, -0.05) is 59.3 Å². The largest absolute Gasteiger partial charge is 0.496 e. The van der Waals surface area contributed by atoms with Crippen LogP contribution in [0.3, 0.4) is 0 Å². The number of carbonyl (C=O) groups excluding carboxylic acids is 1. The zero-order chi connectivity index (χ0) is 29.1. The van der Waals surface area contributed by atoms with Crippen LogP contribution in [0, 0.1) is 6.92 Å². The molecule has 1 aromatic heterocycles. The molecular weight excluding hydrogens is 560 g/mol. The smallest absolute Gasteiger partial charge is 0.338 e. The first-order valence-corrected chi connectivity index (χ1v) is 14.3. The molecule has 0 radical (unpaired) electrons. The van der Waals surface area contributed by atoms with E-state index in [1.54, 1.807) is 37.7 Å². The van der Waals surface area contributed by atoms with E-state index in [0.717, 1.165) is 28.0 Å². The predicted molar refractivity (Wildman–Crippen MR) is 160 cm³/mol. The highest BCUT2D eigenvalue weighted by atomic mass is 35.5. The van der Waals surface area contributed by atoms with Crippen LogP contribution < -0.4 is 24.4 Å². The normalized spacial score (nSPS) is 14.9. The van der Waals surface area contributed by atoms with E-state index in [-0.39, 0.29) is 12.2 Å². The molecule has 210 valence electrons. The number of benzene rings is 3. The van der Waals surface area contributed by atoms with Gasteiger partial charge in [0, 0.05) is 10.6 Å². The molecule has 5 rings (SSSR count). The van der Waals surface area contributed by atoms with Crippen molar-refractivity contribution in [1.82, 2.24) is 4.57 Å². The van der Waals surface area contributed by atoms with Crippen LogP contribution in [0.4, 0.5) is 0 Å². The third-order valence-electron chi connectivity index (χ3n) is 6.78. The Morgan fingerprint density at radius 1 is 1.07 bits per heavy atom. The molecule has 1 atom stereocenters. The Kier molecular flexibility index (Phi) is 8.42. The van der Waals surface area contributed by atoms with Crippen molar-refractivity contribution in [2.75, 3.05) is 13.7 Å². The van der Waals surface area contributed by atoms with Gasteiger partial charge in [0.2, 0.25) is 0 Å². The summed E-state index contributed by atoms with van der Waals surface area (Å²) >= 11 is 7.41. The fourth-order valence-corrected chi connectivity index (χ4v) is 5.95. The third kappa shape index (κ3) is 5.85. The monoisotopic (exact) mass is 588 g/mol. The van der Waals surface area contributed by atoms with Crippen LogP contribution in [0.2, 0.25) is 5.02 Å². The van der Waals surface area contributed by atoms with E-state index in [1.165, 1.54) is 11.3 Å². The van der Waals surface area contributed by atoms with Gasteiger partial charge in [0.25, 0.3) is 5.56 Å². The first-order chi connectivity index (χ1) is 19.8. The number of ether oxygens (including phenoxy) is 3. The van der Waals surface area contributed by atoms with Crippen LogP contribution in [0.15, 0.2) is 87.8 Å². The van der Waals surface area contributed by atoms with Crippen LogP contribution in [0.5, 0.6) is 11.5 Å². The zero-order valence-electron chi connectivity index (χ0n) is 23.1. The van der Waals surface area contributed by atoms with Gasteiger partial charge in [-0.25, -0.2) is 9.79 Å². The average Bonchev–Trinajstić information content (AvgIpc) is 3.26. The van der Waals surface area contributed by atoms with Gasteiger partial charge in [0.1, 0.15) is 18.1 Å². The molecule has 0 aliphatic carbocycles. The van der Waals surface area contributed by atoms with Crippen molar-refractivity contribution in [3.63, 3.8) is 0 Å². The summed E-state index contributed by atoms with van der Waals surface area (Å²) in [6.07, 6.45) is 1.82. The summed E-state index contributed by atoms with van der Waals surface area (Å²) in [5, 5.41) is 0.557. The van der Waals surface area contributed by atoms with E-state index in [2.05, 4.69) is 4.99 Å². The minimum Gasteiger partial charge on any atom is -0.496 e. The van der Waals surface area contributed by atoms with Crippen molar-refractivity contribution < 1.29 is 19.0 Å². The zero-order valence-corrected chi connectivity index (χ0v) is 24.7. The molecule has 3 aromatic carbocycles. The van der Waals surface area contributed by atoms with Gasteiger partial charge in [-0.15, -0.1) is 0 Å². The van der Waals surface area contributed by atoms with Gasteiger partial charge < -0.3 is 14.2 Å². The van der Waals surface area contributed by atoms with Gasteiger partial charge in [-0.05, 0) is 73.9 Å². The highest BCUT2D eigenvalue weighted by Gasteiger charge is 2.33. The van der Waals surface area contributed by atoms with Crippen LogP contribution in [0.25, 0.3) is 6.08 Å². The van der Waals surface area contributed by atoms with Gasteiger partial charge >= 0.3 is 5.97 Å². The Hall–Kier alpha value is -4.14. The van der Waals surface area contributed by atoms with Gasteiger partial charge in [-0.2, -0.15) is 0 Å². The van der Waals surface area contributed by atoms with Crippen molar-refractivity contribution in [3.8, 4) is 11.5 Å². The predicted octanol–water partition coefficient (Wildman–Crippen LogP) is 5.35. The Balaban J connectivity index is 1.58. The number of hydrogen-bond acceptors (Lipinski definition) is 7. The number of hydrogen-bond donors (Lipinski definition) is 0. The van der Waals surface area contributed by atoms with E-state index in [1.807, 2.05) is 67.6 Å². The lowest BCUT2D eigenvalue weighted by atomic mass is 9.96. The molecule has 0 bridgehead atoms. The summed E-state index contributed by atoms with van der Waals surface area (Å²) in [6, 6.07) is 19.9. The van der Waals surface area contributed by atoms with Crippen LogP contribution >= 0.6 is 22.9 Å². The Morgan fingerprint density at radius 3 is 2.54 bits per heavy atom. The average molecular weight is 589 g/mol. The molecule has 2 heterocycles. The molecular formula is C32H29ClN2O5S. The molecule has 0 fully saturated rings. The topological polar surface area (TPSA) is 79.1 Å². The van der Waals surface area contributed by atoms with E-state index in [4.69, 9.17) is 25.8 Å². The molecule has 41 heavy (non-hydrogen) atoms. The highest BCUT2D eigenvalue weighted by Crippen LogP contribution is 2.31. The van der Waals surface area contributed by atoms with Crippen LogP contribution in [0.1, 0.15) is 42.1 Å². The number of aromatic nitrogens is 1. The number of thiazole rings is 1. The summed E-state index contributed by atoms with van der Waals surface area (Å²) in [6.45, 7) is 6.01. The minimum atomic E-state index is -0.696. The Bertz CT molecular complexity index is 1820. The molecule has 4 aromatic rings. The molecule has 1 aliphatic rings. The molecule has 0 saturated heterocycles. The molecule has 0 amide bonds. The maximum atomic E-state index is 13.9. The number of allylic oxidation sites excluding steroid dienone is 1. The summed E-state index contributed by atoms with van der Waals surface area (Å²) in [7, 11) is 1.62. The van der Waals surface area contributed by atoms with Crippen molar-refractivity contribution in [3.05, 3.63) is 125 Å². The van der Waals surface area contributed by atoms with E-state index in [0.29, 0.717) is 38.0 Å². The standard InChI is InChI=1S/C32H29ClN2O5S/c1-5-39-31(37)28-20(3)34-32-35(29(28)22-11-13-24(33)14-12-22)30(36)27(41-32)17-21-10-15-26(38-4)23(16-21)18-40-25-9-7-6-8-19(25)2/h6-17,29H,5,18H2,1-4H3/b27-17-. The third-order valence-corrected chi connectivity index (χ3v) is 8.02. The number of aryl methyl sites for hydroxylation is 1. The number of halogens is 1. The van der Waals surface area contributed by atoms with Crippen LogP contribution in [-0.4, -0.2) is 24.3 Å². The first-order valence-electron chi connectivity index (χ1n) is 13.1. The van der Waals surface area contributed by atoms with Crippen LogP contribution in [-0.2, 0) is 16.1 Å². The van der Waals surface area contributed by atoms with Crippen molar-refractivity contribution >= 4 is 35.0 Å². The number of para-hydroxylation sites is 1. The fourth-order valence-electron chi connectivity index (χ4n) is 4.78. The van der Waals surface area contributed by atoms with Gasteiger partial charge in [0.15, 0.2) is 4.80 Å². The lowest BCUT2D eigenvalue weighted by Gasteiger charge is -2.24. The number of esters is 1. The molecule has 7 nitrogen and oxygen atoms in total. The molecule has 1 unspecified atom stereocenters. The van der Waals surface area contributed by atoms with Gasteiger partial charge in [0.05, 0.1) is 35.6 Å². The summed E-state index contributed by atoms with van der Waals surface area (Å²) in [4.78, 5) is 32.1. The summed E-state index contributed by atoms with van der Waals surface area (Å²) in [5.74, 6) is 0.981. The SMILES string of the molecule is CCOC(=O)C1=C(C)N=c2s/c(=C\c3ccc(OC)c(COc4ccccc4C)c3)c(=O)n2C1c1ccc(Cl)cc1. The van der Waals surface area contributed by atoms with Gasteiger partial charge in [-0.3, -0.25) is 9.36 Å². The van der Waals surface area contributed by atoms with Crippen molar-refractivity contribution in [1.29, 1.82) is 0 Å². The number of rotatable bonds is 8. The minimum absolute atomic E-state index is 0.209. The summed E-state index contributed by atoms with van der Waals surface area (Å²) in [5.41, 5.74) is 4.01. The highest BCUT2D eigenvalue weighted by molar-refractivity contribution is 7.07. The van der Waals surface area contributed by atoms with E-state index in [9.17, 15) is 9.59 Å². The van der Waals surface area contributed by atoms with Crippen molar-refractivity contribution in [2.45, 2.75) is 33.4 Å². The maximum Gasteiger partial charge on any atom is 0.338 e. The number of carbonyl (C=O) groups is 1. The maximum absolute atomic E-state index is 13.9. The molecule has 0 N–H and O–H groups in total. The molecule has 1 aliphatic heterocycles. The quantitative estimate of drug-likeness (QED) is 0.259. The lowest BCUT2D eigenvalue weighted by Crippen LogP contribution is -2.39. The number of fused-ring (bicyclic) bond motifs is 1. The van der Waals surface area contributed by atoms with E-state index >= 15 is 0 Å². The second kappa shape index (κ2) is 12.2. The molecule has 9 heteroatoms. The molecule has 0 saturated carbocycles. The lowest BCUT2D eigenvalue weighted by molar-refractivity contribution is -0.139. The number of nitrogens with zero attached hydrogens (tertiary/aromatic N) is 2. The second-order valence-electron chi connectivity index (χ2n) is 9.48. The fraction of sp³-hybridized carbons (Fsp3) is 0.219. The number of methoxy groups -OCH3 is 1. The second-order valence-corrected chi connectivity index (χ2v) is 10.9. The Labute approximate surface area is 246 Å².